The lowest BCUT2D eigenvalue weighted by molar-refractivity contribution is 0.104. The number of hydrogen-bond donors (Lipinski definition) is 0. The molecule has 2 aromatic heterocycles. The average Bonchev–Trinajstić information content (AvgIpc) is 3.15. The fraction of sp³-hybridized carbons (Fsp3) is 0.105. The van der Waals surface area contributed by atoms with E-state index < -0.39 is 0 Å². The van der Waals surface area contributed by atoms with Crippen LogP contribution in [0.5, 0.6) is 0 Å². The molecule has 0 aliphatic heterocycles. The molecule has 2 heterocycles. The number of benzene rings is 1. The van der Waals surface area contributed by atoms with E-state index in [9.17, 15) is 4.79 Å². The molecule has 0 spiro atoms. The highest BCUT2D eigenvalue weighted by molar-refractivity contribution is 7.12. The summed E-state index contributed by atoms with van der Waals surface area (Å²) in [7, 11) is 0. The number of thiophene rings is 1. The van der Waals surface area contributed by atoms with E-state index in [4.69, 9.17) is 0 Å². The summed E-state index contributed by atoms with van der Waals surface area (Å²) in [5.74, 6) is 0.0252. The van der Waals surface area contributed by atoms with Gasteiger partial charge >= 0.3 is 0 Å². The molecule has 0 radical (unpaired) electrons. The van der Waals surface area contributed by atoms with Gasteiger partial charge < -0.3 is 4.57 Å². The average molecular weight is 307 g/mol. The van der Waals surface area contributed by atoms with Gasteiger partial charge in [0.05, 0.1) is 0 Å². The predicted molar refractivity (Wildman–Crippen MR) is 92.9 cm³/mol. The van der Waals surface area contributed by atoms with Gasteiger partial charge in [-0.25, -0.2) is 0 Å². The van der Waals surface area contributed by atoms with Crippen LogP contribution in [0.15, 0.2) is 60.9 Å². The van der Waals surface area contributed by atoms with Gasteiger partial charge in [-0.05, 0) is 61.9 Å². The molecule has 0 saturated carbocycles. The Morgan fingerprint density at radius 2 is 1.86 bits per heavy atom. The van der Waals surface area contributed by atoms with Gasteiger partial charge in [0.25, 0.3) is 0 Å². The minimum Gasteiger partial charge on any atom is -0.324 e. The van der Waals surface area contributed by atoms with Crippen molar-refractivity contribution in [2.75, 3.05) is 0 Å². The Morgan fingerprint density at radius 1 is 1.09 bits per heavy atom. The highest BCUT2D eigenvalue weighted by atomic mass is 32.1. The summed E-state index contributed by atoms with van der Waals surface area (Å²) in [6.07, 6.45) is 7.50. The van der Waals surface area contributed by atoms with Crippen molar-refractivity contribution in [1.29, 1.82) is 0 Å². The minimum absolute atomic E-state index is 0.0252. The maximum absolute atomic E-state index is 12.4. The zero-order valence-corrected chi connectivity index (χ0v) is 13.4. The van der Waals surface area contributed by atoms with Crippen LogP contribution in [0.25, 0.3) is 11.8 Å². The number of aromatic nitrogens is 1. The van der Waals surface area contributed by atoms with E-state index in [0.717, 1.165) is 11.3 Å². The third-order valence-electron chi connectivity index (χ3n) is 3.53. The molecule has 0 fully saturated rings. The Hall–Kier alpha value is -2.39. The van der Waals surface area contributed by atoms with Gasteiger partial charge in [0.15, 0.2) is 5.78 Å². The number of rotatable bonds is 4. The number of carbonyl (C=O) groups excluding carboxylic acids is 1. The summed E-state index contributed by atoms with van der Waals surface area (Å²) < 4.78 is 1.99. The van der Waals surface area contributed by atoms with Crippen LogP contribution in [-0.4, -0.2) is 10.4 Å². The highest BCUT2D eigenvalue weighted by Crippen LogP contribution is 2.22. The first-order valence-electron chi connectivity index (χ1n) is 7.16. The van der Waals surface area contributed by atoms with Crippen LogP contribution in [-0.2, 0) is 0 Å². The van der Waals surface area contributed by atoms with Crippen LogP contribution in [0.2, 0.25) is 0 Å². The first-order chi connectivity index (χ1) is 10.6. The lowest BCUT2D eigenvalue weighted by Gasteiger charge is -2.04. The van der Waals surface area contributed by atoms with E-state index in [0.29, 0.717) is 5.56 Å². The normalized spacial score (nSPS) is 11.2. The third kappa shape index (κ3) is 3.10. The van der Waals surface area contributed by atoms with Gasteiger partial charge in [-0.1, -0.05) is 12.1 Å². The number of carbonyl (C=O) groups is 1. The first kappa shape index (κ1) is 14.5. The lowest BCUT2D eigenvalue weighted by Crippen LogP contribution is -1.97. The van der Waals surface area contributed by atoms with Crippen molar-refractivity contribution >= 4 is 23.2 Å². The molecule has 0 aliphatic carbocycles. The van der Waals surface area contributed by atoms with E-state index in [2.05, 4.69) is 19.9 Å². The second-order valence-corrected chi connectivity index (χ2v) is 6.67. The number of hydrogen-bond acceptors (Lipinski definition) is 2. The predicted octanol–water partition coefficient (Wildman–Crippen LogP) is 5.05. The second-order valence-electron chi connectivity index (χ2n) is 5.21. The fourth-order valence-corrected chi connectivity index (χ4v) is 3.32. The van der Waals surface area contributed by atoms with Crippen LogP contribution in [0.1, 0.15) is 25.7 Å². The molecule has 0 N–H and O–H groups in total. The van der Waals surface area contributed by atoms with E-state index >= 15 is 0 Å². The smallest absolute Gasteiger partial charge is 0.185 e. The molecule has 22 heavy (non-hydrogen) atoms. The Labute approximate surface area is 134 Å². The first-order valence-corrected chi connectivity index (χ1v) is 7.98. The van der Waals surface area contributed by atoms with Crippen LogP contribution >= 0.6 is 11.3 Å². The molecule has 2 nitrogen and oxygen atoms in total. The van der Waals surface area contributed by atoms with Crippen molar-refractivity contribution in [3.8, 4) is 5.69 Å². The highest BCUT2D eigenvalue weighted by Gasteiger charge is 2.05. The molecular weight excluding hydrogens is 290 g/mol. The molecule has 0 bridgehead atoms. The summed E-state index contributed by atoms with van der Waals surface area (Å²) in [4.78, 5) is 14.9. The summed E-state index contributed by atoms with van der Waals surface area (Å²) in [5.41, 5.74) is 2.82. The maximum Gasteiger partial charge on any atom is 0.185 e. The zero-order chi connectivity index (χ0) is 15.5. The topological polar surface area (TPSA) is 22.0 Å². The molecule has 0 unspecified atom stereocenters. The number of allylic oxidation sites excluding steroid dienone is 1. The molecule has 1 aromatic carbocycles. The second kappa shape index (κ2) is 6.16. The number of ketones is 1. The quantitative estimate of drug-likeness (QED) is 0.488. The van der Waals surface area contributed by atoms with Gasteiger partial charge in [-0.15, -0.1) is 11.3 Å². The van der Waals surface area contributed by atoms with Crippen molar-refractivity contribution in [3.05, 3.63) is 81.8 Å². The zero-order valence-electron chi connectivity index (χ0n) is 12.6. The van der Waals surface area contributed by atoms with Crippen molar-refractivity contribution in [2.24, 2.45) is 0 Å². The summed E-state index contributed by atoms with van der Waals surface area (Å²) in [6.45, 7) is 4.16. The van der Waals surface area contributed by atoms with Crippen molar-refractivity contribution in [3.63, 3.8) is 0 Å². The van der Waals surface area contributed by atoms with Crippen LogP contribution in [0.3, 0.4) is 0 Å². The van der Waals surface area contributed by atoms with Crippen LogP contribution in [0.4, 0.5) is 0 Å². The molecule has 3 aromatic rings. The standard InChI is InChI=1S/C19H17NOS/c1-14-12-16(15(2)22-14)8-9-19(21)17-6-5-7-18(13-17)20-10-3-4-11-20/h3-13H,1-2H3/b9-8+. The number of aryl methyl sites for hydroxylation is 2. The molecule has 3 heteroatoms. The molecule has 110 valence electrons. The maximum atomic E-state index is 12.4. The van der Waals surface area contributed by atoms with E-state index in [1.165, 1.54) is 9.75 Å². The van der Waals surface area contributed by atoms with Crippen LogP contribution in [0, 0.1) is 13.8 Å². The number of nitrogens with zero attached hydrogens (tertiary/aromatic N) is 1. The summed E-state index contributed by atoms with van der Waals surface area (Å²) in [6, 6.07) is 13.7. The van der Waals surface area contributed by atoms with Gasteiger partial charge in [0, 0.05) is 33.4 Å². The fourth-order valence-electron chi connectivity index (χ4n) is 2.40. The SMILES string of the molecule is Cc1cc(/C=C/C(=O)c2cccc(-n3cccc3)c2)c(C)s1. The minimum atomic E-state index is 0.0252. The molecule has 0 saturated heterocycles. The van der Waals surface area contributed by atoms with Gasteiger partial charge in [-0.2, -0.15) is 0 Å². The Morgan fingerprint density at radius 3 is 2.55 bits per heavy atom. The Bertz CT molecular complexity index is 825. The molecule has 3 rings (SSSR count). The van der Waals surface area contributed by atoms with Gasteiger partial charge in [0.2, 0.25) is 0 Å². The molecule has 0 aliphatic rings. The van der Waals surface area contributed by atoms with Crippen LogP contribution < -0.4 is 0 Å². The van der Waals surface area contributed by atoms with E-state index in [1.54, 1.807) is 17.4 Å². The lowest BCUT2D eigenvalue weighted by atomic mass is 10.1. The van der Waals surface area contributed by atoms with Crippen molar-refractivity contribution < 1.29 is 4.79 Å². The monoisotopic (exact) mass is 307 g/mol. The summed E-state index contributed by atoms with van der Waals surface area (Å²) >= 11 is 1.75. The van der Waals surface area contributed by atoms with Gasteiger partial charge in [0.1, 0.15) is 0 Å². The van der Waals surface area contributed by atoms with E-state index in [-0.39, 0.29) is 5.78 Å². The molecule has 0 atom stereocenters. The Kier molecular flexibility index (Phi) is 4.07. The van der Waals surface area contributed by atoms with Gasteiger partial charge in [-0.3, -0.25) is 4.79 Å². The largest absolute Gasteiger partial charge is 0.324 e. The molecular formula is C19H17NOS. The van der Waals surface area contributed by atoms with Crippen molar-refractivity contribution in [2.45, 2.75) is 13.8 Å². The molecule has 0 amide bonds. The Balaban J connectivity index is 1.83. The van der Waals surface area contributed by atoms with Crippen molar-refractivity contribution in [1.82, 2.24) is 4.57 Å². The third-order valence-corrected chi connectivity index (χ3v) is 4.51. The van der Waals surface area contributed by atoms with E-state index in [1.807, 2.05) is 59.4 Å². The summed E-state index contributed by atoms with van der Waals surface area (Å²) in [5, 5.41) is 0.